The molecule has 0 spiro atoms. The fourth-order valence-electron chi connectivity index (χ4n) is 2.24. The molecule has 0 fully saturated rings. The molecule has 2 aromatic rings. The van der Waals surface area contributed by atoms with E-state index < -0.39 is 63.4 Å². The Labute approximate surface area is 143 Å². The van der Waals surface area contributed by atoms with Crippen LogP contribution in [0.15, 0.2) is 6.07 Å². The van der Waals surface area contributed by atoms with E-state index in [0.29, 0.717) is 18.9 Å². The number of hydrogen-bond donors (Lipinski definition) is 0. The fraction of sp³-hybridized carbons (Fsp3) is 0.294. The van der Waals surface area contributed by atoms with Crippen LogP contribution in [0.4, 0.5) is 35.1 Å². The molecule has 2 rings (SSSR count). The first-order valence-electron chi connectivity index (χ1n) is 7.54. The predicted molar refractivity (Wildman–Crippen MR) is 76.6 cm³/mol. The van der Waals surface area contributed by atoms with Crippen molar-refractivity contribution in [3.63, 3.8) is 0 Å². The van der Waals surface area contributed by atoms with Crippen LogP contribution in [0.1, 0.15) is 26.2 Å². The van der Waals surface area contributed by atoms with Gasteiger partial charge in [-0.1, -0.05) is 19.8 Å². The van der Waals surface area contributed by atoms with Crippen molar-refractivity contribution in [1.29, 1.82) is 0 Å². The number of hydrogen-bond acceptors (Lipinski definition) is 1. The summed E-state index contributed by atoms with van der Waals surface area (Å²) < 4.78 is 114. The highest BCUT2D eigenvalue weighted by Gasteiger charge is 2.31. The zero-order chi connectivity index (χ0) is 19.6. The maximum atomic E-state index is 14.0. The zero-order valence-electron chi connectivity index (χ0n) is 13.3. The van der Waals surface area contributed by atoms with Crippen LogP contribution in [0.3, 0.4) is 0 Å². The van der Waals surface area contributed by atoms with Gasteiger partial charge in [-0.2, -0.15) is 4.39 Å². The minimum Gasteiger partial charge on any atom is -0.490 e. The monoisotopic (exact) mass is 384 g/mol. The van der Waals surface area contributed by atoms with Crippen molar-refractivity contribution in [3.8, 4) is 16.9 Å². The van der Waals surface area contributed by atoms with Gasteiger partial charge in [0.1, 0.15) is 0 Å². The minimum atomic E-state index is -2.46. The Kier molecular flexibility index (Phi) is 6.09. The second kappa shape index (κ2) is 7.92. The Morgan fingerprint density at radius 2 is 1.15 bits per heavy atom. The number of rotatable bonds is 6. The van der Waals surface area contributed by atoms with E-state index in [1.807, 2.05) is 6.92 Å². The third-order valence-corrected chi connectivity index (χ3v) is 3.60. The van der Waals surface area contributed by atoms with Crippen molar-refractivity contribution in [2.45, 2.75) is 26.2 Å². The van der Waals surface area contributed by atoms with Crippen molar-refractivity contribution in [2.75, 3.05) is 6.61 Å². The van der Waals surface area contributed by atoms with Crippen LogP contribution in [0.25, 0.3) is 11.1 Å². The second-order valence-electron chi connectivity index (χ2n) is 5.36. The molecule has 26 heavy (non-hydrogen) atoms. The fourth-order valence-corrected chi connectivity index (χ4v) is 2.24. The maximum Gasteiger partial charge on any atom is 0.203 e. The molecule has 2 aromatic carbocycles. The Morgan fingerprint density at radius 1 is 0.654 bits per heavy atom. The molecule has 0 atom stereocenters. The Balaban J connectivity index is 2.62. The summed E-state index contributed by atoms with van der Waals surface area (Å²) in [6.45, 7) is 1.74. The molecule has 0 aliphatic rings. The van der Waals surface area contributed by atoms with Gasteiger partial charge >= 0.3 is 0 Å². The van der Waals surface area contributed by atoms with Gasteiger partial charge in [0.05, 0.1) is 12.2 Å². The summed E-state index contributed by atoms with van der Waals surface area (Å²) in [7, 11) is 0. The SMILES string of the molecule is CCCCCOc1cc(-c2c(F)c(F)c(F)c(F)c2F)c(F)c(F)c1F. The second-order valence-corrected chi connectivity index (χ2v) is 5.36. The van der Waals surface area contributed by atoms with E-state index >= 15 is 0 Å². The van der Waals surface area contributed by atoms with E-state index in [9.17, 15) is 35.1 Å². The first-order chi connectivity index (χ1) is 12.2. The molecule has 0 saturated heterocycles. The first-order valence-corrected chi connectivity index (χ1v) is 7.54. The van der Waals surface area contributed by atoms with E-state index in [2.05, 4.69) is 0 Å². The largest absolute Gasteiger partial charge is 0.490 e. The minimum absolute atomic E-state index is 0.119. The molecule has 0 aliphatic heterocycles. The summed E-state index contributed by atoms with van der Waals surface area (Å²) in [5.74, 6) is -18.8. The molecule has 0 amide bonds. The van der Waals surface area contributed by atoms with Gasteiger partial charge in [-0.15, -0.1) is 0 Å². The third kappa shape index (κ3) is 3.47. The van der Waals surface area contributed by atoms with Gasteiger partial charge < -0.3 is 4.74 Å². The number of benzene rings is 2. The van der Waals surface area contributed by atoms with E-state index in [0.717, 1.165) is 6.42 Å². The molecule has 0 radical (unpaired) electrons. The smallest absolute Gasteiger partial charge is 0.203 e. The summed E-state index contributed by atoms with van der Waals surface area (Å²) in [5.41, 5.74) is -3.06. The van der Waals surface area contributed by atoms with Crippen molar-refractivity contribution in [3.05, 3.63) is 52.6 Å². The number of unbranched alkanes of at least 4 members (excludes halogenated alkanes) is 2. The lowest BCUT2D eigenvalue weighted by Crippen LogP contribution is -2.08. The Hall–Kier alpha value is -2.32. The number of ether oxygens (including phenoxy) is 1. The summed E-state index contributed by atoms with van der Waals surface area (Å²) in [5, 5.41) is 0. The first kappa shape index (κ1) is 20.0. The molecule has 0 saturated carbocycles. The molecule has 0 aromatic heterocycles. The summed E-state index contributed by atoms with van der Waals surface area (Å²) in [6, 6.07) is 0.359. The van der Waals surface area contributed by atoms with E-state index in [1.54, 1.807) is 0 Å². The van der Waals surface area contributed by atoms with E-state index in [-0.39, 0.29) is 6.61 Å². The van der Waals surface area contributed by atoms with Gasteiger partial charge in [0.25, 0.3) is 0 Å². The molecular formula is C17H12F8O. The van der Waals surface area contributed by atoms with Gasteiger partial charge in [0.15, 0.2) is 40.7 Å². The van der Waals surface area contributed by atoms with Crippen molar-refractivity contribution in [2.24, 2.45) is 0 Å². The van der Waals surface area contributed by atoms with E-state index in [1.165, 1.54) is 0 Å². The maximum absolute atomic E-state index is 14.0. The molecule has 0 N–H and O–H groups in total. The van der Waals surface area contributed by atoms with E-state index in [4.69, 9.17) is 4.74 Å². The summed E-state index contributed by atoms with van der Waals surface area (Å²) in [4.78, 5) is 0. The molecule has 0 aliphatic carbocycles. The Bertz CT molecular complexity index is 805. The third-order valence-electron chi connectivity index (χ3n) is 3.60. The van der Waals surface area contributed by atoms with Crippen LogP contribution in [0.5, 0.6) is 5.75 Å². The highest BCUT2D eigenvalue weighted by Crippen LogP contribution is 2.37. The molecular weight excluding hydrogens is 372 g/mol. The quantitative estimate of drug-likeness (QED) is 0.256. The summed E-state index contributed by atoms with van der Waals surface area (Å²) >= 11 is 0. The lowest BCUT2D eigenvalue weighted by molar-refractivity contribution is 0.283. The molecule has 9 heteroatoms. The van der Waals surface area contributed by atoms with Crippen LogP contribution >= 0.6 is 0 Å². The average molecular weight is 384 g/mol. The number of halogens is 8. The highest BCUT2D eigenvalue weighted by molar-refractivity contribution is 5.68. The van der Waals surface area contributed by atoms with Gasteiger partial charge in [0.2, 0.25) is 11.6 Å². The molecule has 142 valence electrons. The lowest BCUT2D eigenvalue weighted by atomic mass is 10.0. The normalized spacial score (nSPS) is 11.1. The summed E-state index contributed by atoms with van der Waals surface area (Å²) in [6.07, 6.45) is 1.88. The van der Waals surface area contributed by atoms with Crippen LogP contribution < -0.4 is 4.74 Å². The molecule has 0 unspecified atom stereocenters. The zero-order valence-corrected chi connectivity index (χ0v) is 13.3. The molecule has 0 bridgehead atoms. The predicted octanol–water partition coefficient (Wildman–Crippen LogP) is 6.04. The standard InChI is InChI=1S/C17H12F8O/c1-2-3-4-5-26-8-6-7(10(18)14(22)11(8)19)9-12(20)15(23)17(25)16(24)13(9)21/h6H,2-5H2,1H3. The Morgan fingerprint density at radius 3 is 1.69 bits per heavy atom. The van der Waals surface area contributed by atoms with Crippen LogP contribution in [0, 0.1) is 46.5 Å². The van der Waals surface area contributed by atoms with Gasteiger partial charge in [-0.3, -0.25) is 0 Å². The topological polar surface area (TPSA) is 9.23 Å². The average Bonchev–Trinajstić information content (AvgIpc) is 2.63. The molecule has 0 heterocycles. The van der Waals surface area contributed by atoms with Crippen LogP contribution in [-0.2, 0) is 0 Å². The van der Waals surface area contributed by atoms with Gasteiger partial charge in [0, 0.05) is 5.56 Å². The van der Waals surface area contributed by atoms with Crippen LogP contribution in [0.2, 0.25) is 0 Å². The van der Waals surface area contributed by atoms with Crippen molar-refractivity contribution in [1.82, 2.24) is 0 Å². The molecule has 1 nitrogen and oxygen atoms in total. The lowest BCUT2D eigenvalue weighted by Gasteiger charge is -2.13. The van der Waals surface area contributed by atoms with Gasteiger partial charge in [-0.05, 0) is 12.5 Å². The highest BCUT2D eigenvalue weighted by atomic mass is 19.2. The van der Waals surface area contributed by atoms with Crippen molar-refractivity contribution < 1.29 is 39.9 Å². The van der Waals surface area contributed by atoms with Crippen LogP contribution in [-0.4, -0.2) is 6.61 Å². The van der Waals surface area contributed by atoms with Crippen molar-refractivity contribution >= 4 is 0 Å². The van der Waals surface area contributed by atoms with Gasteiger partial charge in [-0.25, -0.2) is 30.7 Å².